The van der Waals surface area contributed by atoms with Crippen LogP contribution < -0.4 is 5.32 Å². The van der Waals surface area contributed by atoms with Crippen LogP contribution in [-0.4, -0.2) is 25.7 Å². The van der Waals surface area contributed by atoms with Crippen molar-refractivity contribution in [2.24, 2.45) is 0 Å². The Morgan fingerprint density at radius 1 is 0.897 bits per heavy atom. The second-order valence-electron chi connectivity index (χ2n) is 7.75. The van der Waals surface area contributed by atoms with Crippen LogP contribution in [0.25, 0.3) is 21.7 Å². The second-order valence-corrected chi connectivity index (χ2v) is 7.75. The molecule has 4 aromatic rings. The van der Waals surface area contributed by atoms with Crippen LogP contribution in [-0.2, 0) is 10.2 Å². The number of carbonyl (C=O) groups excluding carboxylic acids is 1. The van der Waals surface area contributed by atoms with Crippen LogP contribution in [0.2, 0.25) is 0 Å². The van der Waals surface area contributed by atoms with Crippen molar-refractivity contribution in [1.29, 1.82) is 0 Å². The molecule has 0 bridgehead atoms. The molecule has 0 atom stereocenters. The zero-order valence-corrected chi connectivity index (χ0v) is 16.2. The summed E-state index contributed by atoms with van der Waals surface area (Å²) in [6, 6.07) is 24.4. The summed E-state index contributed by atoms with van der Waals surface area (Å²) in [7, 11) is 0. The Kier molecular flexibility index (Phi) is 4.57. The molecule has 4 heteroatoms. The Hall–Kier alpha value is -3.11. The van der Waals surface area contributed by atoms with Gasteiger partial charge < -0.3 is 14.5 Å². The van der Waals surface area contributed by atoms with Crippen molar-refractivity contribution in [2.45, 2.75) is 18.3 Å². The highest BCUT2D eigenvalue weighted by Crippen LogP contribution is 2.34. The zero-order chi connectivity index (χ0) is 19.7. The van der Waals surface area contributed by atoms with Gasteiger partial charge in [-0.15, -0.1) is 0 Å². The van der Waals surface area contributed by atoms with Crippen LogP contribution in [0.5, 0.6) is 0 Å². The fraction of sp³-hybridized carbons (Fsp3) is 0.240. The molecule has 5 rings (SSSR count). The lowest BCUT2D eigenvalue weighted by Gasteiger charge is -2.37. The molecule has 146 valence electrons. The van der Waals surface area contributed by atoms with Crippen LogP contribution in [0.3, 0.4) is 0 Å². The summed E-state index contributed by atoms with van der Waals surface area (Å²) in [6.45, 7) is 1.99. The fourth-order valence-electron chi connectivity index (χ4n) is 4.36. The summed E-state index contributed by atoms with van der Waals surface area (Å²) in [5, 5.41) is 6.33. The first-order valence-electron chi connectivity index (χ1n) is 10.1. The van der Waals surface area contributed by atoms with Crippen LogP contribution in [0.15, 0.2) is 77.2 Å². The smallest absolute Gasteiger partial charge is 0.287 e. The molecule has 0 aliphatic carbocycles. The predicted molar refractivity (Wildman–Crippen MR) is 114 cm³/mol. The summed E-state index contributed by atoms with van der Waals surface area (Å²) in [4.78, 5) is 12.9. The van der Waals surface area contributed by atoms with E-state index < -0.39 is 0 Å². The number of furan rings is 1. The predicted octanol–water partition coefficient (Wildman–Crippen LogP) is 5.06. The van der Waals surface area contributed by atoms with Crippen LogP contribution in [0.4, 0.5) is 0 Å². The number of rotatable bonds is 4. The van der Waals surface area contributed by atoms with E-state index in [4.69, 9.17) is 9.15 Å². The summed E-state index contributed by atoms with van der Waals surface area (Å²) in [5.74, 6) is 0.179. The lowest BCUT2D eigenvalue weighted by atomic mass is 9.74. The second kappa shape index (κ2) is 7.37. The van der Waals surface area contributed by atoms with Gasteiger partial charge in [-0.05, 0) is 41.3 Å². The third-order valence-electron chi connectivity index (χ3n) is 6.07. The number of nitrogens with one attached hydrogen (secondary N) is 1. The highest BCUT2D eigenvalue weighted by molar-refractivity contribution is 6.08. The van der Waals surface area contributed by atoms with Crippen molar-refractivity contribution in [1.82, 2.24) is 5.32 Å². The van der Waals surface area contributed by atoms with Gasteiger partial charge >= 0.3 is 0 Å². The first-order chi connectivity index (χ1) is 14.3. The molecule has 2 heterocycles. The van der Waals surface area contributed by atoms with Gasteiger partial charge in [-0.25, -0.2) is 0 Å². The first kappa shape index (κ1) is 18.0. The van der Waals surface area contributed by atoms with Crippen molar-refractivity contribution >= 4 is 27.6 Å². The first-order valence-corrected chi connectivity index (χ1v) is 10.1. The highest BCUT2D eigenvalue weighted by atomic mass is 16.5. The molecule has 1 fully saturated rings. The van der Waals surface area contributed by atoms with E-state index >= 15 is 0 Å². The van der Waals surface area contributed by atoms with Crippen molar-refractivity contribution in [2.75, 3.05) is 19.8 Å². The Morgan fingerprint density at radius 2 is 1.66 bits per heavy atom. The number of carbonyl (C=O) groups is 1. The van der Waals surface area contributed by atoms with Gasteiger partial charge in [0.25, 0.3) is 5.91 Å². The van der Waals surface area contributed by atoms with Gasteiger partial charge in [-0.1, -0.05) is 60.7 Å². The Balaban J connectivity index is 1.41. The molecular weight excluding hydrogens is 362 g/mol. The number of amides is 1. The maximum absolute atomic E-state index is 12.9. The van der Waals surface area contributed by atoms with Gasteiger partial charge in [0.2, 0.25) is 0 Å². The van der Waals surface area contributed by atoms with Gasteiger partial charge in [0, 0.05) is 30.6 Å². The van der Waals surface area contributed by atoms with E-state index in [0.29, 0.717) is 25.5 Å². The maximum atomic E-state index is 12.9. The normalized spacial score (nSPS) is 16.1. The van der Waals surface area contributed by atoms with E-state index in [-0.39, 0.29) is 11.3 Å². The molecule has 1 amide bonds. The van der Waals surface area contributed by atoms with Crippen molar-refractivity contribution < 1.29 is 13.9 Å². The highest BCUT2D eigenvalue weighted by Gasteiger charge is 2.35. The molecule has 4 nitrogen and oxygen atoms in total. The molecule has 1 aliphatic rings. The largest absolute Gasteiger partial charge is 0.451 e. The van der Waals surface area contributed by atoms with E-state index in [0.717, 1.165) is 34.6 Å². The number of ether oxygens (including phenoxy) is 1. The summed E-state index contributed by atoms with van der Waals surface area (Å²) < 4.78 is 11.5. The number of hydrogen-bond acceptors (Lipinski definition) is 3. The van der Waals surface area contributed by atoms with Gasteiger partial charge in [-0.3, -0.25) is 4.79 Å². The van der Waals surface area contributed by atoms with E-state index in [1.54, 1.807) is 0 Å². The van der Waals surface area contributed by atoms with E-state index in [2.05, 4.69) is 41.7 Å². The van der Waals surface area contributed by atoms with E-state index in [9.17, 15) is 4.79 Å². The molecule has 1 N–H and O–H groups in total. The summed E-state index contributed by atoms with van der Waals surface area (Å²) in [6.07, 6.45) is 1.78. The van der Waals surface area contributed by atoms with Gasteiger partial charge in [0.15, 0.2) is 5.76 Å². The molecule has 1 aromatic heterocycles. The van der Waals surface area contributed by atoms with Gasteiger partial charge in [0.1, 0.15) is 5.58 Å². The van der Waals surface area contributed by atoms with Crippen LogP contribution in [0.1, 0.15) is 29.0 Å². The average molecular weight is 385 g/mol. The Bertz CT molecular complexity index is 1160. The Labute approximate surface area is 169 Å². The van der Waals surface area contributed by atoms with Crippen LogP contribution in [0, 0.1) is 0 Å². The molecule has 1 saturated heterocycles. The summed E-state index contributed by atoms with van der Waals surface area (Å²) in [5.41, 5.74) is 1.88. The van der Waals surface area contributed by atoms with Gasteiger partial charge in [-0.2, -0.15) is 0 Å². The topological polar surface area (TPSA) is 51.5 Å². The lowest BCUT2D eigenvalue weighted by molar-refractivity contribution is 0.0485. The number of fused-ring (bicyclic) bond motifs is 3. The van der Waals surface area contributed by atoms with Crippen molar-refractivity contribution in [3.63, 3.8) is 0 Å². The minimum Gasteiger partial charge on any atom is -0.451 e. The molecule has 3 aromatic carbocycles. The monoisotopic (exact) mass is 385 g/mol. The SMILES string of the molecule is O=C(NCC1(c2ccccc2)CCOCC1)c1cc2c(ccc3ccccc32)o1. The fourth-order valence-corrected chi connectivity index (χ4v) is 4.36. The maximum Gasteiger partial charge on any atom is 0.287 e. The standard InChI is InChI=1S/C25H23NO3/c27-24(23-16-21-20-9-5-4-6-18(20)10-11-22(21)29-23)26-17-25(12-14-28-15-13-25)19-7-2-1-3-8-19/h1-11,16H,12-15,17H2,(H,26,27). The summed E-state index contributed by atoms with van der Waals surface area (Å²) >= 11 is 0. The van der Waals surface area contributed by atoms with Gasteiger partial charge in [0.05, 0.1) is 0 Å². The average Bonchev–Trinajstić information content (AvgIpc) is 3.24. The van der Waals surface area contributed by atoms with E-state index in [1.807, 2.05) is 36.4 Å². The third-order valence-corrected chi connectivity index (χ3v) is 6.07. The Morgan fingerprint density at radius 3 is 2.48 bits per heavy atom. The number of benzene rings is 3. The molecule has 1 aliphatic heterocycles. The molecule has 0 saturated carbocycles. The third kappa shape index (κ3) is 3.30. The molecular formula is C25H23NO3. The molecule has 0 spiro atoms. The number of hydrogen-bond donors (Lipinski definition) is 1. The van der Waals surface area contributed by atoms with E-state index in [1.165, 1.54) is 5.56 Å². The van der Waals surface area contributed by atoms with Crippen LogP contribution >= 0.6 is 0 Å². The quantitative estimate of drug-likeness (QED) is 0.534. The molecule has 29 heavy (non-hydrogen) atoms. The van der Waals surface area contributed by atoms with Crippen molar-refractivity contribution in [3.05, 3.63) is 84.1 Å². The minimum absolute atomic E-state index is 0.103. The zero-order valence-electron chi connectivity index (χ0n) is 16.2. The molecule has 0 unspecified atom stereocenters. The molecule has 0 radical (unpaired) electrons. The lowest BCUT2D eigenvalue weighted by Crippen LogP contribution is -2.44. The minimum atomic E-state index is -0.174. The van der Waals surface area contributed by atoms with Crippen molar-refractivity contribution in [3.8, 4) is 0 Å².